The Balaban J connectivity index is 1.73. The monoisotopic (exact) mass is 290 g/mol. The molecule has 1 heteroatoms. The number of fused-ring (bicyclic) bond motifs is 4. The summed E-state index contributed by atoms with van der Waals surface area (Å²) in [4.78, 5) is 13.3. The number of hydrogen-bond donors (Lipinski definition) is 0. The highest BCUT2D eigenvalue weighted by Crippen LogP contribution is 2.70. The van der Waals surface area contributed by atoms with Crippen LogP contribution < -0.4 is 0 Å². The molecule has 1 spiro atoms. The first kappa shape index (κ1) is 12.1. The van der Waals surface area contributed by atoms with Crippen LogP contribution in [0.2, 0.25) is 0 Å². The molecule has 8 bridgehead atoms. The SMILES string of the molecule is CC1CC2=C3C4CCC2(C4)C2CCc4ccc(cc4C2=O)C31. The minimum Gasteiger partial charge on any atom is -0.294 e. The molecular formula is C21H22O. The molecule has 0 aliphatic heterocycles. The van der Waals surface area contributed by atoms with Crippen LogP contribution in [0.25, 0.3) is 0 Å². The maximum Gasteiger partial charge on any atom is 0.167 e. The van der Waals surface area contributed by atoms with E-state index in [2.05, 4.69) is 25.1 Å². The van der Waals surface area contributed by atoms with Gasteiger partial charge in [0.1, 0.15) is 0 Å². The van der Waals surface area contributed by atoms with Gasteiger partial charge in [-0.15, -0.1) is 0 Å². The number of allylic oxidation sites excluding steroid dienone is 2. The van der Waals surface area contributed by atoms with Gasteiger partial charge < -0.3 is 0 Å². The van der Waals surface area contributed by atoms with Gasteiger partial charge in [0.15, 0.2) is 5.78 Å². The van der Waals surface area contributed by atoms with Gasteiger partial charge in [0, 0.05) is 22.8 Å². The number of aryl methyl sites for hydroxylation is 1. The summed E-state index contributed by atoms with van der Waals surface area (Å²) in [7, 11) is 0. The predicted octanol–water partition coefficient (Wildman–Crippen LogP) is 4.67. The molecule has 0 N–H and O–H groups in total. The highest BCUT2D eigenvalue weighted by molar-refractivity contribution is 6.01. The van der Waals surface area contributed by atoms with E-state index >= 15 is 0 Å². The normalized spacial score (nSPS) is 43.6. The van der Waals surface area contributed by atoms with Gasteiger partial charge in [-0.25, -0.2) is 0 Å². The molecule has 0 heterocycles. The van der Waals surface area contributed by atoms with E-state index in [4.69, 9.17) is 0 Å². The summed E-state index contributed by atoms with van der Waals surface area (Å²) in [5.74, 6) is 2.91. The Hall–Kier alpha value is -1.37. The molecule has 6 rings (SSSR count). The van der Waals surface area contributed by atoms with Gasteiger partial charge in [-0.3, -0.25) is 4.79 Å². The molecule has 22 heavy (non-hydrogen) atoms. The second-order valence-corrected chi connectivity index (χ2v) is 8.56. The van der Waals surface area contributed by atoms with Crippen molar-refractivity contribution in [3.05, 3.63) is 46.0 Å². The van der Waals surface area contributed by atoms with E-state index in [0.29, 0.717) is 11.7 Å². The topological polar surface area (TPSA) is 17.1 Å². The van der Waals surface area contributed by atoms with E-state index < -0.39 is 0 Å². The van der Waals surface area contributed by atoms with Gasteiger partial charge in [0.25, 0.3) is 0 Å². The Morgan fingerprint density at radius 1 is 1.23 bits per heavy atom. The number of Topliss-reactive ketones (excluding diaryl/α,β-unsaturated/α-hetero) is 1. The third-order valence-electron chi connectivity index (χ3n) is 7.81. The highest BCUT2D eigenvalue weighted by atomic mass is 16.1. The number of rotatable bonds is 0. The van der Waals surface area contributed by atoms with Gasteiger partial charge in [0.05, 0.1) is 0 Å². The largest absolute Gasteiger partial charge is 0.294 e. The number of carbonyl (C=O) groups is 1. The van der Waals surface area contributed by atoms with Crippen molar-refractivity contribution in [1.82, 2.24) is 0 Å². The molecule has 5 aliphatic carbocycles. The van der Waals surface area contributed by atoms with Crippen LogP contribution in [0, 0.1) is 23.2 Å². The van der Waals surface area contributed by atoms with E-state index in [9.17, 15) is 4.79 Å². The van der Waals surface area contributed by atoms with Crippen LogP contribution >= 0.6 is 0 Å². The summed E-state index contributed by atoms with van der Waals surface area (Å²) in [5.41, 5.74) is 7.65. The Morgan fingerprint density at radius 2 is 2.14 bits per heavy atom. The zero-order valence-electron chi connectivity index (χ0n) is 13.2. The molecule has 5 atom stereocenters. The van der Waals surface area contributed by atoms with Crippen LogP contribution in [0.1, 0.15) is 66.4 Å². The van der Waals surface area contributed by atoms with Crippen LogP contribution in [-0.4, -0.2) is 5.78 Å². The van der Waals surface area contributed by atoms with Gasteiger partial charge in [0.2, 0.25) is 0 Å². The molecule has 0 amide bonds. The maximum atomic E-state index is 13.3. The van der Waals surface area contributed by atoms with Gasteiger partial charge in [-0.1, -0.05) is 30.2 Å². The fraction of sp³-hybridized carbons (Fsp3) is 0.571. The zero-order chi connectivity index (χ0) is 14.6. The summed E-state index contributed by atoms with van der Waals surface area (Å²) in [6.45, 7) is 2.44. The standard InChI is InChI=1S/C21H22O/c1-11-8-17-19-14-6-7-21(17,10-14)16-5-4-12-2-3-13(18(11)19)9-15(12)20(16)22/h2-3,9,11,14,16,18H,4-8,10H2,1H3. The lowest BCUT2D eigenvalue weighted by Crippen LogP contribution is -2.38. The fourth-order valence-electron chi connectivity index (χ4n) is 7.07. The number of hydrogen-bond acceptors (Lipinski definition) is 1. The van der Waals surface area contributed by atoms with Crippen molar-refractivity contribution >= 4 is 5.78 Å². The average molecular weight is 290 g/mol. The number of benzene rings is 1. The smallest absolute Gasteiger partial charge is 0.167 e. The van der Waals surface area contributed by atoms with Crippen LogP contribution in [-0.2, 0) is 6.42 Å². The summed E-state index contributed by atoms with van der Waals surface area (Å²) in [6, 6.07) is 6.90. The molecule has 112 valence electrons. The number of carbonyl (C=O) groups excluding carboxylic acids is 1. The molecular weight excluding hydrogens is 268 g/mol. The van der Waals surface area contributed by atoms with Gasteiger partial charge >= 0.3 is 0 Å². The average Bonchev–Trinajstić information content (AvgIpc) is 3.15. The minimum absolute atomic E-state index is 0.268. The van der Waals surface area contributed by atoms with Crippen molar-refractivity contribution in [3.8, 4) is 0 Å². The molecule has 0 saturated heterocycles. The summed E-state index contributed by atoms with van der Waals surface area (Å²) in [5, 5.41) is 0. The van der Waals surface area contributed by atoms with Gasteiger partial charge in [-0.2, -0.15) is 0 Å². The molecule has 1 aromatic rings. The number of ketones is 1. The molecule has 1 aromatic carbocycles. The lowest BCUT2D eigenvalue weighted by molar-refractivity contribution is 0.0767. The van der Waals surface area contributed by atoms with E-state index in [0.717, 1.165) is 30.2 Å². The third kappa shape index (κ3) is 1.13. The van der Waals surface area contributed by atoms with E-state index in [-0.39, 0.29) is 11.3 Å². The van der Waals surface area contributed by atoms with Crippen molar-refractivity contribution in [2.75, 3.05) is 0 Å². The van der Waals surface area contributed by atoms with Crippen molar-refractivity contribution in [3.63, 3.8) is 0 Å². The van der Waals surface area contributed by atoms with E-state index in [1.165, 1.54) is 36.8 Å². The Bertz CT molecular complexity index is 770. The fourth-order valence-corrected chi connectivity index (χ4v) is 7.07. The van der Waals surface area contributed by atoms with Crippen molar-refractivity contribution in [1.29, 1.82) is 0 Å². The summed E-state index contributed by atoms with van der Waals surface area (Å²) in [6.07, 6.45) is 7.40. The quantitative estimate of drug-likeness (QED) is 0.635. The van der Waals surface area contributed by atoms with Crippen LogP contribution in [0.15, 0.2) is 29.3 Å². The van der Waals surface area contributed by atoms with Crippen molar-refractivity contribution < 1.29 is 4.79 Å². The van der Waals surface area contributed by atoms with Crippen molar-refractivity contribution in [2.45, 2.75) is 51.4 Å². The molecule has 5 unspecified atom stereocenters. The lowest BCUT2D eigenvalue weighted by atomic mass is 9.62. The molecule has 0 aromatic heterocycles. The molecule has 1 nitrogen and oxygen atoms in total. The Labute approximate surface area is 131 Å². The van der Waals surface area contributed by atoms with E-state index in [1.807, 2.05) is 0 Å². The van der Waals surface area contributed by atoms with Crippen LogP contribution in [0.5, 0.6) is 0 Å². The Morgan fingerprint density at radius 3 is 3.05 bits per heavy atom. The zero-order valence-corrected chi connectivity index (χ0v) is 13.2. The lowest BCUT2D eigenvalue weighted by Gasteiger charge is -2.40. The molecule has 1 saturated carbocycles. The second kappa shape index (κ2) is 3.58. The van der Waals surface area contributed by atoms with Crippen LogP contribution in [0.4, 0.5) is 0 Å². The highest BCUT2D eigenvalue weighted by Gasteiger charge is 2.61. The van der Waals surface area contributed by atoms with E-state index in [1.54, 1.807) is 11.1 Å². The molecule has 1 fully saturated rings. The summed E-state index contributed by atoms with van der Waals surface area (Å²) < 4.78 is 0. The predicted molar refractivity (Wildman–Crippen MR) is 85.9 cm³/mol. The second-order valence-electron chi connectivity index (χ2n) is 8.56. The Kier molecular flexibility index (Phi) is 1.97. The van der Waals surface area contributed by atoms with Gasteiger partial charge in [-0.05, 0) is 67.6 Å². The first-order valence-corrected chi connectivity index (χ1v) is 9.09. The third-order valence-corrected chi connectivity index (χ3v) is 7.81. The molecule has 5 aliphatic rings. The molecule has 0 radical (unpaired) electrons. The van der Waals surface area contributed by atoms with Crippen molar-refractivity contribution in [2.24, 2.45) is 23.2 Å². The summed E-state index contributed by atoms with van der Waals surface area (Å²) >= 11 is 0. The minimum atomic E-state index is 0.268. The first-order valence-electron chi connectivity index (χ1n) is 9.09. The first-order chi connectivity index (χ1) is 10.7. The van der Waals surface area contributed by atoms with Crippen LogP contribution in [0.3, 0.4) is 0 Å². The maximum absolute atomic E-state index is 13.3.